The largest absolute Gasteiger partial charge is 0.490 e. The highest BCUT2D eigenvalue weighted by Crippen LogP contribution is 2.30. The fourth-order valence-electron chi connectivity index (χ4n) is 2.04. The lowest BCUT2D eigenvalue weighted by molar-refractivity contribution is 0.0560. The van der Waals surface area contributed by atoms with Gasteiger partial charge in [-0.25, -0.2) is 0 Å². The molecule has 1 aromatic rings. The van der Waals surface area contributed by atoms with E-state index in [2.05, 4.69) is 33.8 Å². The number of hydrogen-bond acceptors (Lipinski definition) is 3. The van der Waals surface area contributed by atoms with E-state index in [9.17, 15) is 5.11 Å². The third-order valence-corrected chi connectivity index (χ3v) is 3.48. The van der Waals surface area contributed by atoms with Crippen molar-refractivity contribution in [3.8, 4) is 11.5 Å². The molecule has 0 bridgehead atoms. The highest BCUT2D eigenvalue weighted by Gasteiger charge is 2.21. The van der Waals surface area contributed by atoms with Crippen molar-refractivity contribution in [3.63, 3.8) is 0 Å². The van der Waals surface area contributed by atoms with Crippen LogP contribution in [0.5, 0.6) is 11.5 Å². The maximum atomic E-state index is 10.1. The summed E-state index contributed by atoms with van der Waals surface area (Å²) in [5.41, 5.74) is 1.10. The molecular weight excluding hydrogens is 264 g/mol. The minimum absolute atomic E-state index is 0.0765. The molecule has 1 aromatic carbocycles. The van der Waals surface area contributed by atoms with Gasteiger partial charge in [0.05, 0.1) is 19.3 Å². The fourth-order valence-corrected chi connectivity index (χ4v) is 2.04. The van der Waals surface area contributed by atoms with Gasteiger partial charge >= 0.3 is 0 Å². The number of aryl methyl sites for hydroxylation is 1. The Balaban J connectivity index is 2.73. The standard InChI is InChI=1S/C18H30O3/c1-6-12-21-15-10-8-14(13-16(15)20-7-2)9-11-17(19)18(3,4)5/h8,10,13,17,19H,6-7,9,11-12H2,1-5H3. The fraction of sp³-hybridized carbons (Fsp3) is 0.667. The van der Waals surface area contributed by atoms with Crippen LogP contribution in [0.3, 0.4) is 0 Å². The summed E-state index contributed by atoms with van der Waals surface area (Å²) in [6.07, 6.45) is 2.27. The molecule has 3 nitrogen and oxygen atoms in total. The number of benzene rings is 1. The second kappa shape index (κ2) is 8.28. The minimum atomic E-state index is -0.302. The summed E-state index contributed by atoms with van der Waals surface area (Å²) in [6, 6.07) is 6.06. The molecule has 0 aromatic heterocycles. The predicted octanol–water partition coefficient (Wildman–Crippen LogP) is 4.21. The van der Waals surface area contributed by atoms with E-state index in [1.807, 2.05) is 19.1 Å². The first kappa shape index (κ1) is 17.8. The normalized spacial score (nSPS) is 13.0. The van der Waals surface area contributed by atoms with Crippen LogP contribution >= 0.6 is 0 Å². The first-order chi connectivity index (χ1) is 9.88. The molecule has 0 aliphatic carbocycles. The Morgan fingerprint density at radius 1 is 1.10 bits per heavy atom. The van der Waals surface area contributed by atoms with E-state index in [1.165, 1.54) is 5.56 Å². The van der Waals surface area contributed by atoms with Gasteiger partial charge < -0.3 is 14.6 Å². The molecule has 3 heteroatoms. The second-order valence-corrected chi connectivity index (χ2v) is 6.48. The molecular formula is C18H30O3. The molecule has 0 saturated carbocycles. The Morgan fingerprint density at radius 2 is 1.81 bits per heavy atom. The van der Waals surface area contributed by atoms with Crippen molar-refractivity contribution in [1.82, 2.24) is 0 Å². The molecule has 1 atom stereocenters. The Morgan fingerprint density at radius 3 is 2.38 bits per heavy atom. The number of aliphatic hydroxyl groups is 1. The predicted molar refractivity (Wildman–Crippen MR) is 87.2 cm³/mol. The van der Waals surface area contributed by atoms with Gasteiger partial charge in [-0.15, -0.1) is 0 Å². The van der Waals surface area contributed by atoms with Crippen LogP contribution in [0.1, 0.15) is 53.0 Å². The molecule has 0 aliphatic rings. The Bertz CT molecular complexity index is 421. The molecule has 0 heterocycles. The number of aliphatic hydroxyl groups excluding tert-OH is 1. The van der Waals surface area contributed by atoms with Gasteiger partial charge in [-0.2, -0.15) is 0 Å². The van der Waals surface area contributed by atoms with E-state index in [4.69, 9.17) is 9.47 Å². The lowest BCUT2D eigenvalue weighted by Crippen LogP contribution is -2.26. The molecule has 1 rings (SSSR count). The molecule has 0 fully saturated rings. The molecule has 0 spiro atoms. The summed E-state index contributed by atoms with van der Waals surface area (Å²) in [4.78, 5) is 0. The van der Waals surface area contributed by atoms with E-state index in [-0.39, 0.29) is 11.5 Å². The van der Waals surface area contributed by atoms with Crippen LogP contribution in [0.2, 0.25) is 0 Å². The highest BCUT2D eigenvalue weighted by molar-refractivity contribution is 5.43. The van der Waals surface area contributed by atoms with Gasteiger partial charge in [0.2, 0.25) is 0 Å². The van der Waals surface area contributed by atoms with Gasteiger partial charge in [-0.3, -0.25) is 0 Å². The quantitative estimate of drug-likeness (QED) is 0.780. The average Bonchev–Trinajstić information content (AvgIpc) is 2.43. The van der Waals surface area contributed by atoms with Crippen molar-refractivity contribution in [1.29, 1.82) is 0 Å². The van der Waals surface area contributed by atoms with Crippen LogP contribution < -0.4 is 9.47 Å². The van der Waals surface area contributed by atoms with E-state index in [0.29, 0.717) is 13.2 Å². The maximum absolute atomic E-state index is 10.1. The summed E-state index contributed by atoms with van der Waals surface area (Å²) in [5.74, 6) is 1.60. The van der Waals surface area contributed by atoms with Crippen LogP contribution in [-0.4, -0.2) is 24.4 Å². The first-order valence-electron chi connectivity index (χ1n) is 7.95. The number of hydrogen-bond donors (Lipinski definition) is 1. The van der Waals surface area contributed by atoms with Crippen molar-refractivity contribution >= 4 is 0 Å². The van der Waals surface area contributed by atoms with Gasteiger partial charge in [0.25, 0.3) is 0 Å². The maximum Gasteiger partial charge on any atom is 0.161 e. The van der Waals surface area contributed by atoms with Crippen LogP contribution in [-0.2, 0) is 6.42 Å². The van der Waals surface area contributed by atoms with Gasteiger partial charge in [-0.05, 0) is 49.3 Å². The van der Waals surface area contributed by atoms with Crippen molar-refractivity contribution in [2.24, 2.45) is 5.41 Å². The van der Waals surface area contributed by atoms with Crippen molar-refractivity contribution in [3.05, 3.63) is 23.8 Å². The summed E-state index contributed by atoms with van der Waals surface area (Å²) in [6.45, 7) is 11.6. The van der Waals surface area contributed by atoms with Gasteiger partial charge in [-0.1, -0.05) is 33.8 Å². The van der Waals surface area contributed by atoms with E-state index >= 15 is 0 Å². The first-order valence-corrected chi connectivity index (χ1v) is 7.95. The van der Waals surface area contributed by atoms with E-state index in [0.717, 1.165) is 30.8 Å². The summed E-state index contributed by atoms with van der Waals surface area (Å²) in [5, 5.41) is 10.1. The number of rotatable bonds is 8. The lowest BCUT2D eigenvalue weighted by atomic mass is 9.86. The monoisotopic (exact) mass is 294 g/mol. The van der Waals surface area contributed by atoms with Crippen LogP contribution in [0, 0.1) is 5.41 Å². The molecule has 0 aliphatic heterocycles. The Labute approximate surface area is 129 Å². The van der Waals surface area contributed by atoms with Crippen LogP contribution in [0.25, 0.3) is 0 Å². The number of ether oxygens (including phenoxy) is 2. The van der Waals surface area contributed by atoms with E-state index < -0.39 is 0 Å². The minimum Gasteiger partial charge on any atom is -0.490 e. The molecule has 0 saturated heterocycles. The van der Waals surface area contributed by atoms with Crippen molar-refractivity contribution < 1.29 is 14.6 Å². The third kappa shape index (κ3) is 5.96. The van der Waals surface area contributed by atoms with Crippen molar-refractivity contribution in [2.75, 3.05) is 13.2 Å². The van der Waals surface area contributed by atoms with Crippen LogP contribution in [0.15, 0.2) is 18.2 Å². The van der Waals surface area contributed by atoms with E-state index in [1.54, 1.807) is 0 Å². The average molecular weight is 294 g/mol. The zero-order valence-electron chi connectivity index (χ0n) is 14.1. The zero-order valence-corrected chi connectivity index (χ0v) is 14.1. The Hall–Kier alpha value is -1.22. The Kier molecular flexibility index (Phi) is 7.03. The summed E-state index contributed by atoms with van der Waals surface area (Å²) in [7, 11) is 0. The summed E-state index contributed by atoms with van der Waals surface area (Å²) < 4.78 is 11.4. The van der Waals surface area contributed by atoms with Crippen molar-refractivity contribution in [2.45, 2.75) is 60.0 Å². The highest BCUT2D eigenvalue weighted by atomic mass is 16.5. The second-order valence-electron chi connectivity index (χ2n) is 6.48. The SMILES string of the molecule is CCCOc1ccc(CCC(O)C(C)(C)C)cc1OCC. The lowest BCUT2D eigenvalue weighted by Gasteiger charge is -2.25. The van der Waals surface area contributed by atoms with Crippen LogP contribution in [0.4, 0.5) is 0 Å². The molecule has 1 N–H and O–H groups in total. The topological polar surface area (TPSA) is 38.7 Å². The molecule has 21 heavy (non-hydrogen) atoms. The molecule has 0 amide bonds. The van der Waals surface area contributed by atoms with Gasteiger partial charge in [0, 0.05) is 0 Å². The van der Waals surface area contributed by atoms with Gasteiger partial charge in [0.1, 0.15) is 0 Å². The molecule has 1 unspecified atom stereocenters. The molecule has 0 radical (unpaired) electrons. The smallest absolute Gasteiger partial charge is 0.161 e. The van der Waals surface area contributed by atoms with Gasteiger partial charge in [0.15, 0.2) is 11.5 Å². The third-order valence-electron chi connectivity index (χ3n) is 3.48. The zero-order chi connectivity index (χ0) is 15.9. The molecule has 120 valence electrons. The summed E-state index contributed by atoms with van der Waals surface area (Å²) >= 11 is 0.